The smallest absolute Gasteiger partial charge is 0.259 e. The van der Waals surface area contributed by atoms with Crippen LogP contribution in [0.2, 0.25) is 0 Å². The van der Waals surface area contributed by atoms with Crippen LogP contribution in [0.15, 0.2) is 65.1 Å². The molecule has 166 valence electrons. The molecule has 0 saturated heterocycles. The molecular formula is C25H25BrN2O4. The summed E-state index contributed by atoms with van der Waals surface area (Å²) < 4.78 is 11.4. The molecule has 0 unspecified atom stereocenters. The van der Waals surface area contributed by atoms with Crippen molar-refractivity contribution in [2.75, 3.05) is 31.0 Å². The zero-order valence-electron chi connectivity index (χ0n) is 18.2. The highest BCUT2D eigenvalue weighted by atomic mass is 79.9. The number of carbonyl (C=O) groups is 2. The first-order valence-corrected chi connectivity index (χ1v) is 10.9. The highest BCUT2D eigenvalue weighted by Gasteiger charge is 2.18. The molecule has 32 heavy (non-hydrogen) atoms. The molecular weight excluding hydrogens is 472 g/mol. The number of benzene rings is 3. The summed E-state index contributed by atoms with van der Waals surface area (Å²) in [6.45, 7) is 4.72. The van der Waals surface area contributed by atoms with Gasteiger partial charge in [0.2, 0.25) is 0 Å². The molecule has 0 aromatic heterocycles. The van der Waals surface area contributed by atoms with Gasteiger partial charge in [0, 0.05) is 17.3 Å². The molecule has 7 heteroatoms. The third kappa shape index (κ3) is 5.96. The fraction of sp³-hybridized carbons (Fsp3) is 0.200. The van der Waals surface area contributed by atoms with Gasteiger partial charge in [0.1, 0.15) is 12.4 Å². The molecule has 0 bridgehead atoms. The van der Waals surface area contributed by atoms with E-state index in [0.29, 0.717) is 41.5 Å². The van der Waals surface area contributed by atoms with Crippen molar-refractivity contribution in [3.63, 3.8) is 0 Å². The molecule has 3 rings (SSSR count). The second kappa shape index (κ2) is 10.9. The SMILES string of the molecule is COCCOc1ccc(Br)cc1C(=O)Nc1ccccc1C(=O)Nc1ccc(C)c(C)c1. The van der Waals surface area contributed by atoms with Crippen molar-refractivity contribution in [1.29, 1.82) is 0 Å². The second-order valence-electron chi connectivity index (χ2n) is 7.23. The number of nitrogens with one attached hydrogen (secondary N) is 2. The van der Waals surface area contributed by atoms with E-state index in [-0.39, 0.29) is 11.8 Å². The zero-order chi connectivity index (χ0) is 23.1. The second-order valence-corrected chi connectivity index (χ2v) is 8.15. The van der Waals surface area contributed by atoms with Crippen molar-refractivity contribution in [2.24, 2.45) is 0 Å². The molecule has 2 N–H and O–H groups in total. The van der Waals surface area contributed by atoms with E-state index in [1.165, 1.54) is 0 Å². The van der Waals surface area contributed by atoms with Gasteiger partial charge in [0.05, 0.1) is 23.4 Å². The number of hydrogen-bond acceptors (Lipinski definition) is 4. The summed E-state index contributed by atoms with van der Waals surface area (Å²) in [6, 6.07) is 17.8. The van der Waals surface area contributed by atoms with E-state index in [9.17, 15) is 9.59 Å². The average molecular weight is 497 g/mol. The fourth-order valence-corrected chi connectivity index (χ4v) is 3.40. The standard InChI is InChI=1S/C25H25BrN2O4/c1-16-8-10-19(14-17(16)2)27-24(29)20-6-4-5-7-22(20)28-25(30)21-15-18(26)9-11-23(21)32-13-12-31-3/h4-11,14-15H,12-13H2,1-3H3,(H,27,29)(H,28,30). The highest BCUT2D eigenvalue weighted by molar-refractivity contribution is 9.10. The van der Waals surface area contributed by atoms with Crippen molar-refractivity contribution in [2.45, 2.75) is 13.8 Å². The van der Waals surface area contributed by atoms with E-state index < -0.39 is 0 Å². The van der Waals surface area contributed by atoms with Crippen LogP contribution >= 0.6 is 15.9 Å². The number of methoxy groups -OCH3 is 1. The van der Waals surface area contributed by atoms with Gasteiger partial charge in [-0.1, -0.05) is 34.1 Å². The summed E-state index contributed by atoms with van der Waals surface area (Å²) in [5, 5.41) is 5.74. The van der Waals surface area contributed by atoms with Gasteiger partial charge in [0.15, 0.2) is 0 Å². The van der Waals surface area contributed by atoms with Gasteiger partial charge in [-0.2, -0.15) is 0 Å². The van der Waals surface area contributed by atoms with Crippen LogP contribution in [-0.2, 0) is 4.74 Å². The van der Waals surface area contributed by atoms with E-state index >= 15 is 0 Å². The lowest BCUT2D eigenvalue weighted by molar-refractivity contribution is 0.101. The summed E-state index contributed by atoms with van der Waals surface area (Å²) in [7, 11) is 1.58. The molecule has 3 aromatic carbocycles. The van der Waals surface area contributed by atoms with Gasteiger partial charge < -0.3 is 20.1 Å². The maximum absolute atomic E-state index is 13.1. The highest BCUT2D eigenvalue weighted by Crippen LogP contribution is 2.26. The molecule has 0 heterocycles. The minimum Gasteiger partial charge on any atom is -0.490 e. The number of carbonyl (C=O) groups excluding carboxylic acids is 2. The van der Waals surface area contributed by atoms with E-state index in [0.717, 1.165) is 15.6 Å². The van der Waals surface area contributed by atoms with Crippen LogP contribution in [0.5, 0.6) is 5.75 Å². The Labute approximate surface area is 196 Å². The van der Waals surface area contributed by atoms with Crippen molar-refractivity contribution in [3.8, 4) is 5.75 Å². The van der Waals surface area contributed by atoms with E-state index in [1.807, 2.05) is 32.0 Å². The number of para-hydroxylation sites is 1. The summed E-state index contributed by atoms with van der Waals surface area (Å²) in [5.74, 6) is -0.264. The first-order chi connectivity index (χ1) is 15.4. The summed E-state index contributed by atoms with van der Waals surface area (Å²) in [5.41, 5.74) is 4.03. The predicted molar refractivity (Wildman–Crippen MR) is 130 cm³/mol. The van der Waals surface area contributed by atoms with Crippen LogP contribution in [-0.4, -0.2) is 32.1 Å². The number of aryl methyl sites for hydroxylation is 2. The summed E-state index contributed by atoms with van der Waals surface area (Å²) in [4.78, 5) is 26.0. The maximum atomic E-state index is 13.1. The van der Waals surface area contributed by atoms with Crippen molar-refractivity contribution >= 4 is 39.1 Å². The number of amides is 2. The lowest BCUT2D eigenvalue weighted by atomic mass is 10.1. The molecule has 6 nitrogen and oxygen atoms in total. The molecule has 0 aliphatic heterocycles. The summed E-state index contributed by atoms with van der Waals surface area (Å²) in [6.07, 6.45) is 0. The molecule has 0 fully saturated rings. The molecule has 0 spiro atoms. The molecule has 0 aliphatic rings. The molecule has 0 aliphatic carbocycles. The van der Waals surface area contributed by atoms with E-state index in [1.54, 1.807) is 49.6 Å². The van der Waals surface area contributed by atoms with Crippen LogP contribution in [0.3, 0.4) is 0 Å². The number of halogens is 1. The third-order valence-electron chi connectivity index (χ3n) is 4.92. The molecule has 0 radical (unpaired) electrons. The van der Waals surface area contributed by atoms with Gasteiger partial charge in [-0.15, -0.1) is 0 Å². The zero-order valence-corrected chi connectivity index (χ0v) is 19.8. The quantitative estimate of drug-likeness (QED) is 0.398. The van der Waals surface area contributed by atoms with Gasteiger partial charge in [0.25, 0.3) is 11.8 Å². The van der Waals surface area contributed by atoms with Gasteiger partial charge >= 0.3 is 0 Å². The van der Waals surface area contributed by atoms with E-state index in [2.05, 4.69) is 26.6 Å². The number of anilines is 2. The summed E-state index contributed by atoms with van der Waals surface area (Å²) >= 11 is 3.39. The fourth-order valence-electron chi connectivity index (χ4n) is 3.04. The average Bonchev–Trinajstić information content (AvgIpc) is 2.77. The minimum atomic E-state index is -0.384. The van der Waals surface area contributed by atoms with Gasteiger partial charge in [-0.3, -0.25) is 9.59 Å². The van der Waals surface area contributed by atoms with Crippen LogP contribution < -0.4 is 15.4 Å². The Morgan fingerprint density at radius 1 is 0.844 bits per heavy atom. The first-order valence-electron chi connectivity index (χ1n) is 10.1. The van der Waals surface area contributed by atoms with Gasteiger partial charge in [-0.05, 0) is 67.4 Å². The third-order valence-corrected chi connectivity index (χ3v) is 5.41. The van der Waals surface area contributed by atoms with Crippen LogP contribution in [0.1, 0.15) is 31.8 Å². The Hall–Kier alpha value is -3.16. The lowest BCUT2D eigenvalue weighted by Crippen LogP contribution is -2.19. The Morgan fingerprint density at radius 2 is 1.59 bits per heavy atom. The molecule has 0 atom stereocenters. The Kier molecular flexibility index (Phi) is 8.03. The molecule has 0 saturated carbocycles. The maximum Gasteiger partial charge on any atom is 0.259 e. The number of hydrogen-bond donors (Lipinski definition) is 2. The van der Waals surface area contributed by atoms with Crippen LogP contribution in [0, 0.1) is 13.8 Å². The monoisotopic (exact) mass is 496 g/mol. The van der Waals surface area contributed by atoms with E-state index in [4.69, 9.17) is 9.47 Å². The van der Waals surface area contributed by atoms with Crippen molar-refractivity contribution in [1.82, 2.24) is 0 Å². The Bertz CT molecular complexity index is 1130. The first kappa shape index (κ1) is 23.5. The predicted octanol–water partition coefficient (Wildman–Crippen LogP) is 5.60. The van der Waals surface area contributed by atoms with Crippen LogP contribution in [0.4, 0.5) is 11.4 Å². The topological polar surface area (TPSA) is 76.7 Å². The normalized spacial score (nSPS) is 10.5. The molecule has 3 aromatic rings. The largest absolute Gasteiger partial charge is 0.490 e. The number of rotatable bonds is 8. The number of ether oxygens (including phenoxy) is 2. The Morgan fingerprint density at radius 3 is 2.34 bits per heavy atom. The lowest BCUT2D eigenvalue weighted by Gasteiger charge is -2.14. The minimum absolute atomic E-state index is 0.310. The van der Waals surface area contributed by atoms with Gasteiger partial charge in [-0.25, -0.2) is 0 Å². The van der Waals surface area contributed by atoms with Crippen molar-refractivity contribution < 1.29 is 19.1 Å². The van der Waals surface area contributed by atoms with Crippen LogP contribution in [0.25, 0.3) is 0 Å². The molecule has 2 amide bonds. The van der Waals surface area contributed by atoms with Crippen molar-refractivity contribution in [3.05, 3.63) is 87.4 Å². The Balaban J connectivity index is 1.81.